The molecule has 0 saturated carbocycles. The summed E-state index contributed by atoms with van der Waals surface area (Å²) >= 11 is 0. The minimum Gasteiger partial charge on any atom is -0.497 e. The average molecular weight is 577 g/mol. The molecule has 4 amide bonds. The third-order valence-corrected chi connectivity index (χ3v) is 8.85. The molecule has 0 unspecified atom stereocenters. The molecule has 42 heavy (non-hydrogen) atoms. The van der Waals surface area contributed by atoms with Gasteiger partial charge in [0.2, 0.25) is 5.91 Å². The summed E-state index contributed by atoms with van der Waals surface area (Å²) in [4.78, 5) is 45.9. The van der Waals surface area contributed by atoms with Crippen molar-refractivity contribution in [3.05, 3.63) is 59.7 Å². The first-order valence-electron chi connectivity index (χ1n) is 15.1. The second-order valence-electron chi connectivity index (χ2n) is 12.9. The molecule has 3 saturated heterocycles. The van der Waals surface area contributed by atoms with Gasteiger partial charge in [0.1, 0.15) is 11.4 Å². The summed E-state index contributed by atoms with van der Waals surface area (Å²) in [5.41, 5.74) is 2.93. The van der Waals surface area contributed by atoms with Gasteiger partial charge in [-0.05, 0) is 87.3 Å². The summed E-state index contributed by atoms with van der Waals surface area (Å²) < 4.78 is 10.8. The molecule has 226 valence electrons. The van der Waals surface area contributed by atoms with Crippen LogP contribution in [0.15, 0.2) is 48.5 Å². The number of nitrogens with zero attached hydrogens (tertiary/aromatic N) is 4. The van der Waals surface area contributed by atoms with Gasteiger partial charge < -0.3 is 24.2 Å². The normalized spacial score (nSPS) is 19.3. The van der Waals surface area contributed by atoms with E-state index >= 15 is 0 Å². The minimum atomic E-state index is -0.471. The standard InChI is InChI=1S/C33H44N4O5/c1-32(2,3)42-31(40)35-20-15-33(16-21-35)13-18-34(19-14-33)27-7-5-6-26(22-27)23-36-17-12-29(38)37(30(36)39)24-25-8-10-28(41-4)11-9-25/h5-11,22H,12-21,23-24H2,1-4H3. The van der Waals surface area contributed by atoms with Gasteiger partial charge in [-0.25, -0.2) is 9.59 Å². The summed E-state index contributed by atoms with van der Waals surface area (Å²) in [6.45, 7) is 10.3. The molecule has 0 aromatic heterocycles. The van der Waals surface area contributed by atoms with Crippen molar-refractivity contribution in [1.82, 2.24) is 14.7 Å². The third kappa shape index (κ3) is 6.99. The van der Waals surface area contributed by atoms with Gasteiger partial charge >= 0.3 is 12.1 Å². The average Bonchev–Trinajstić information content (AvgIpc) is 2.97. The Bertz CT molecular complexity index is 1270. The van der Waals surface area contributed by atoms with E-state index in [2.05, 4.69) is 29.2 Å². The summed E-state index contributed by atoms with van der Waals surface area (Å²) in [5, 5.41) is 0. The fourth-order valence-corrected chi connectivity index (χ4v) is 6.26. The molecule has 1 spiro atoms. The Balaban J connectivity index is 1.15. The van der Waals surface area contributed by atoms with Gasteiger partial charge in [-0.15, -0.1) is 0 Å². The maximum atomic E-state index is 13.3. The molecule has 2 aromatic carbocycles. The third-order valence-electron chi connectivity index (χ3n) is 8.85. The molecular weight excluding hydrogens is 532 g/mol. The number of rotatable bonds is 6. The molecule has 0 radical (unpaired) electrons. The van der Waals surface area contributed by atoms with Crippen molar-refractivity contribution in [2.24, 2.45) is 5.41 Å². The Kier molecular flexibility index (Phi) is 8.66. The number of anilines is 1. The monoisotopic (exact) mass is 576 g/mol. The van der Waals surface area contributed by atoms with Crippen LogP contribution in [0.25, 0.3) is 0 Å². The number of hydrogen-bond donors (Lipinski definition) is 0. The van der Waals surface area contributed by atoms with Crippen LogP contribution in [0.3, 0.4) is 0 Å². The fourth-order valence-electron chi connectivity index (χ4n) is 6.26. The van der Waals surface area contributed by atoms with Crippen LogP contribution in [0.1, 0.15) is 64.0 Å². The number of benzene rings is 2. The number of carbonyl (C=O) groups excluding carboxylic acids is 3. The van der Waals surface area contributed by atoms with Crippen molar-refractivity contribution >= 4 is 23.7 Å². The van der Waals surface area contributed by atoms with E-state index in [-0.39, 0.29) is 30.0 Å². The van der Waals surface area contributed by atoms with Gasteiger partial charge in [0.25, 0.3) is 0 Å². The summed E-state index contributed by atoms with van der Waals surface area (Å²) in [7, 11) is 1.61. The van der Waals surface area contributed by atoms with Crippen LogP contribution in [-0.2, 0) is 22.6 Å². The Morgan fingerprint density at radius 3 is 2.17 bits per heavy atom. The van der Waals surface area contributed by atoms with E-state index in [0.717, 1.165) is 68.7 Å². The molecule has 3 fully saturated rings. The maximum Gasteiger partial charge on any atom is 0.410 e. The van der Waals surface area contributed by atoms with Crippen molar-refractivity contribution in [3.63, 3.8) is 0 Å². The highest BCUT2D eigenvalue weighted by atomic mass is 16.6. The number of hydrogen-bond acceptors (Lipinski definition) is 6. The molecule has 3 aliphatic heterocycles. The largest absolute Gasteiger partial charge is 0.497 e. The van der Waals surface area contributed by atoms with Crippen LogP contribution in [0.2, 0.25) is 0 Å². The van der Waals surface area contributed by atoms with Gasteiger partial charge in [0.15, 0.2) is 0 Å². The van der Waals surface area contributed by atoms with Crippen LogP contribution < -0.4 is 9.64 Å². The van der Waals surface area contributed by atoms with Gasteiger partial charge in [-0.2, -0.15) is 0 Å². The topological polar surface area (TPSA) is 82.6 Å². The molecule has 0 aliphatic carbocycles. The number of carbonyl (C=O) groups is 3. The van der Waals surface area contributed by atoms with Crippen molar-refractivity contribution in [2.45, 2.75) is 71.6 Å². The molecule has 9 nitrogen and oxygen atoms in total. The van der Waals surface area contributed by atoms with E-state index in [1.165, 1.54) is 10.6 Å². The van der Waals surface area contributed by atoms with Crippen molar-refractivity contribution in [2.75, 3.05) is 44.7 Å². The van der Waals surface area contributed by atoms with Crippen LogP contribution >= 0.6 is 0 Å². The number of piperidine rings is 2. The van der Waals surface area contributed by atoms with E-state index < -0.39 is 5.60 Å². The lowest BCUT2D eigenvalue weighted by atomic mass is 9.71. The SMILES string of the molecule is COc1ccc(CN2C(=O)CCN(Cc3cccc(N4CCC5(CCN(C(=O)OC(C)(C)C)CC5)CC4)c3)C2=O)cc1. The lowest BCUT2D eigenvalue weighted by molar-refractivity contribution is -0.131. The molecule has 3 heterocycles. The Morgan fingerprint density at radius 2 is 1.52 bits per heavy atom. The molecule has 0 bridgehead atoms. The van der Waals surface area contributed by atoms with Crippen molar-refractivity contribution in [3.8, 4) is 5.75 Å². The Labute approximate surface area is 249 Å². The van der Waals surface area contributed by atoms with Crippen LogP contribution in [0.4, 0.5) is 15.3 Å². The second-order valence-corrected chi connectivity index (χ2v) is 12.9. The summed E-state index contributed by atoms with van der Waals surface area (Å²) in [5.74, 6) is 0.601. The molecule has 5 rings (SSSR count). The lowest BCUT2D eigenvalue weighted by Gasteiger charge is -2.47. The number of ether oxygens (including phenoxy) is 2. The highest BCUT2D eigenvalue weighted by molar-refractivity contribution is 5.96. The summed E-state index contributed by atoms with van der Waals surface area (Å²) in [6.07, 6.45) is 4.36. The van der Waals surface area contributed by atoms with Crippen molar-refractivity contribution < 1.29 is 23.9 Å². The first kappa shape index (κ1) is 29.7. The lowest BCUT2D eigenvalue weighted by Crippen LogP contribution is -2.51. The second kappa shape index (κ2) is 12.2. The van der Waals surface area contributed by atoms with Gasteiger partial charge in [-0.1, -0.05) is 24.3 Å². The van der Waals surface area contributed by atoms with Crippen molar-refractivity contribution in [1.29, 1.82) is 0 Å². The predicted octanol–water partition coefficient (Wildman–Crippen LogP) is 5.67. The quantitative estimate of drug-likeness (QED) is 0.441. The first-order chi connectivity index (χ1) is 20.0. The number of amides is 4. The van der Waals surface area contributed by atoms with E-state index in [4.69, 9.17) is 9.47 Å². The highest BCUT2D eigenvalue weighted by Gasteiger charge is 2.39. The van der Waals surface area contributed by atoms with E-state index in [1.807, 2.05) is 49.9 Å². The maximum absolute atomic E-state index is 13.3. The molecule has 0 atom stereocenters. The van der Waals surface area contributed by atoms with Gasteiger partial charge in [0, 0.05) is 51.4 Å². The predicted molar refractivity (Wildman–Crippen MR) is 161 cm³/mol. The number of urea groups is 1. The van der Waals surface area contributed by atoms with Crippen LogP contribution in [-0.4, -0.2) is 78.2 Å². The number of methoxy groups -OCH3 is 1. The van der Waals surface area contributed by atoms with Crippen LogP contribution in [0.5, 0.6) is 5.75 Å². The zero-order valence-corrected chi connectivity index (χ0v) is 25.4. The van der Waals surface area contributed by atoms with E-state index in [0.29, 0.717) is 19.5 Å². The first-order valence-corrected chi connectivity index (χ1v) is 15.1. The van der Waals surface area contributed by atoms with Gasteiger partial charge in [-0.3, -0.25) is 9.69 Å². The van der Waals surface area contributed by atoms with E-state index in [9.17, 15) is 14.4 Å². The van der Waals surface area contributed by atoms with Gasteiger partial charge in [0.05, 0.1) is 13.7 Å². The fraction of sp³-hybridized carbons (Fsp3) is 0.545. The Morgan fingerprint density at radius 1 is 0.857 bits per heavy atom. The number of imide groups is 1. The van der Waals surface area contributed by atoms with Crippen LogP contribution in [0, 0.1) is 5.41 Å². The molecule has 3 aliphatic rings. The molecule has 0 N–H and O–H groups in total. The smallest absolute Gasteiger partial charge is 0.410 e. The zero-order chi connectivity index (χ0) is 29.9. The zero-order valence-electron chi connectivity index (χ0n) is 25.4. The van der Waals surface area contributed by atoms with E-state index in [1.54, 1.807) is 12.0 Å². The molecule has 9 heteroatoms. The molecular formula is C33H44N4O5. The highest BCUT2D eigenvalue weighted by Crippen LogP contribution is 2.42. The minimum absolute atomic E-state index is 0.139. The Hall–Kier alpha value is -3.75. The number of likely N-dealkylation sites (tertiary alicyclic amines) is 1. The summed E-state index contributed by atoms with van der Waals surface area (Å²) in [6, 6.07) is 15.6. The molecule has 2 aromatic rings.